The van der Waals surface area contributed by atoms with E-state index in [1.807, 2.05) is 6.07 Å². The van der Waals surface area contributed by atoms with Crippen LogP contribution in [0.3, 0.4) is 0 Å². The fraction of sp³-hybridized carbons (Fsp3) is 0.500. The Morgan fingerprint density at radius 3 is 3.00 bits per heavy atom. The van der Waals surface area contributed by atoms with Gasteiger partial charge in [-0.15, -0.1) is 10.2 Å². The molecule has 0 saturated carbocycles. The third kappa shape index (κ3) is 2.06. The summed E-state index contributed by atoms with van der Waals surface area (Å²) in [6.07, 6.45) is 1.02. The van der Waals surface area contributed by atoms with Gasteiger partial charge in [-0.25, -0.2) is 0 Å². The highest BCUT2D eigenvalue weighted by Gasteiger charge is 2.15. The van der Waals surface area contributed by atoms with Crippen LogP contribution < -0.4 is 11.1 Å². The standard InChI is InChI=1S/C8H12N4O/c9-7-1-2-8(12-11-7)10-6-3-4-13-5-6/h1-2,6H,3-5H2,(H2,9,11)(H,10,12). The molecule has 0 aliphatic carbocycles. The average molecular weight is 180 g/mol. The molecule has 1 aromatic heterocycles. The molecule has 5 nitrogen and oxygen atoms in total. The van der Waals surface area contributed by atoms with Crippen LogP contribution in [0.1, 0.15) is 6.42 Å². The van der Waals surface area contributed by atoms with E-state index in [4.69, 9.17) is 10.5 Å². The number of nitrogen functional groups attached to an aromatic ring is 1. The molecule has 1 saturated heterocycles. The number of anilines is 2. The lowest BCUT2D eigenvalue weighted by molar-refractivity contribution is 0.195. The molecule has 0 bridgehead atoms. The van der Waals surface area contributed by atoms with Gasteiger partial charge in [0.25, 0.3) is 0 Å². The van der Waals surface area contributed by atoms with Crippen LogP contribution in [-0.2, 0) is 4.74 Å². The lowest BCUT2D eigenvalue weighted by Gasteiger charge is -2.09. The Morgan fingerprint density at radius 2 is 2.38 bits per heavy atom. The first kappa shape index (κ1) is 8.25. The quantitative estimate of drug-likeness (QED) is 0.683. The largest absolute Gasteiger partial charge is 0.382 e. The van der Waals surface area contributed by atoms with E-state index < -0.39 is 0 Å². The van der Waals surface area contributed by atoms with Crippen molar-refractivity contribution in [3.63, 3.8) is 0 Å². The SMILES string of the molecule is Nc1ccc(NC2CCOC2)nn1. The van der Waals surface area contributed by atoms with Crippen molar-refractivity contribution in [2.24, 2.45) is 0 Å². The zero-order valence-electron chi connectivity index (χ0n) is 7.23. The number of nitrogens with two attached hydrogens (primary N) is 1. The number of aromatic nitrogens is 2. The smallest absolute Gasteiger partial charge is 0.149 e. The fourth-order valence-corrected chi connectivity index (χ4v) is 1.28. The Bertz CT molecular complexity index is 268. The van der Waals surface area contributed by atoms with Crippen molar-refractivity contribution >= 4 is 11.6 Å². The molecule has 1 atom stereocenters. The van der Waals surface area contributed by atoms with Gasteiger partial charge in [-0.1, -0.05) is 0 Å². The minimum Gasteiger partial charge on any atom is -0.382 e. The summed E-state index contributed by atoms with van der Waals surface area (Å²) in [5.74, 6) is 1.19. The van der Waals surface area contributed by atoms with Crippen LogP contribution in [0, 0.1) is 0 Å². The molecule has 0 spiro atoms. The summed E-state index contributed by atoms with van der Waals surface area (Å²) in [6.45, 7) is 1.56. The van der Waals surface area contributed by atoms with Gasteiger partial charge in [-0.2, -0.15) is 0 Å². The van der Waals surface area contributed by atoms with Gasteiger partial charge in [0.15, 0.2) is 0 Å². The highest BCUT2D eigenvalue weighted by Crippen LogP contribution is 2.10. The Kier molecular flexibility index (Phi) is 2.27. The predicted molar refractivity (Wildman–Crippen MR) is 49.3 cm³/mol. The van der Waals surface area contributed by atoms with Gasteiger partial charge in [-0.3, -0.25) is 0 Å². The first-order chi connectivity index (χ1) is 6.34. The number of rotatable bonds is 2. The third-order valence-electron chi connectivity index (χ3n) is 1.97. The van der Waals surface area contributed by atoms with Crippen molar-refractivity contribution in [3.05, 3.63) is 12.1 Å². The molecule has 2 heterocycles. The molecule has 2 rings (SSSR count). The van der Waals surface area contributed by atoms with Gasteiger partial charge in [0, 0.05) is 6.61 Å². The van der Waals surface area contributed by atoms with Gasteiger partial charge in [-0.05, 0) is 18.6 Å². The maximum Gasteiger partial charge on any atom is 0.149 e. The molecule has 70 valence electrons. The Balaban J connectivity index is 1.97. The minimum atomic E-state index is 0.359. The molecule has 1 unspecified atom stereocenters. The summed E-state index contributed by atoms with van der Waals surface area (Å²) >= 11 is 0. The van der Waals surface area contributed by atoms with Gasteiger partial charge in [0.05, 0.1) is 12.6 Å². The average Bonchev–Trinajstić information content (AvgIpc) is 2.62. The molecule has 0 aromatic carbocycles. The van der Waals surface area contributed by atoms with Crippen LogP contribution in [0.25, 0.3) is 0 Å². The van der Waals surface area contributed by atoms with E-state index in [0.29, 0.717) is 11.9 Å². The van der Waals surface area contributed by atoms with E-state index in [1.165, 1.54) is 0 Å². The van der Waals surface area contributed by atoms with E-state index in [-0.39, 0.29) is 0 Å². The molecular weight excluding hydrogens is 168 g/mol. The maximum atomic E-state index is 5.41. The van der Waals surface area contributed by atoms with E-state index in [9.17, 15) is 0 Å². The van der Waals surface area contributed by atoms with Gasteiger partial charge in [0.1, 0.15) is 11.6 Å². The van der Waals surface area contributed by atoms with E-state index >= 15 is 0 Å². The lowest BCUT2D eigenvalue weighted by atomic mass is 10.2. The van der Waals surface area contributed by atoms with Crippen LogP contribution in [0.5, 0.6) is 0 Å². The minimum absolute atomic E-state index is 0.359. The van der Waals surface area contributed by atoms with Gasteiger partial charge in [0.2, 0.25) is 0 Å². The molecule has 1 aliphatic rings. The van der Waals surface area contributed by atoms with E-state index in [1.54, 1.807) is 6.07 Å². The van der Waals surface area contributed by atoms with Crippen LogP contribution in [-0.4, -0.2) is 29.5 Å². The lowest BCUT2D eigenvalue weighted by Crippen LogP contribution is -2.19. The van der Waals surface area contributed by atoms with Crippen molar-refractivity contribution in [2.45, 2.75) is 12.5 Å². The second-order valence-electron chi connectivity index (χ2n) is 3.05. The van der Waals surface area contributed by atoms with Crippen molar-refractivity contribution in [2.75, 3.05) is 24.3 Å². The van der Waals surface area contributed by atoms with Crippen molar-refractivity contribution < 1.29 is 4.74 Å². The van der Waals surface area contributed by atoms with Gasteiger partial charge < -0.3 is 15.8 Å². The summed E-state index contributed by atoms with van der Waals surface area (Å²) in [5.41, 5.74) is 5.41. The van der Waals surface area contributed by atoms with Crippen LogP contribution in [0.2, 0.25) is 0 Å². The van der Waals surface area contributed by atoms with Crippen molar-refractivity contribution in [1.29, 1.82) is 0 Å². The first-order valence-corrected chi connectivity index (χ1v) is 4.28. The topological polar surface area (TPSA) is 73.1 Å². The Hall–Kier alpha value is -1.36. The molecule has 5 heteroatoms. The first-order valence-electron chi connectivity index (χ1n) is 4.28. The number of hydrogen-bond acceptors (Lipinski definition) is 5. The van der Waals surface area contributed by atoms with E-state index in [0.717, 1.165) is 25.5 Å². The number of hydrogen-bond donors (Lipinski definition) is 2. The Morgan fingerprint density at radius 1 is 1.46 bits per heavy atom. The summed E-state index contributed by atoms with van der Waals surface area (Å²) in [5, 5.41) is 10.9. The second-order valence-corrected chi connectivity index (χ2v) is 3.05. The van der Waals surface area contributed by atoms with Crippen LogP contribution in [0.15, 0.2) is 12.1 Å². The maximum absolute atomic E-state index is 5.41. The zero-order chi connectivity index (χ0) is 9.10. The molecule has 0 radical (unpaired) electrons. The molecular formula is C8H12N4O. The Labute approximate surface area is 76.3 Å². The normalized spacial score (nSPS) is 21.7. The number of ether oxygens (including phenoxy) is 1. The van der Waals surface area contributed by atoms with Crippen LogP contribution in [0.4, 0.5) is 11.6 Å². The molecule has 13 heavy (non-hydrogen) atoms. The predicted octanol–water partition coefficient (Wildman–Crippen LogP) is 0.260. The summed E-state index contributed by atoms with van der Waals surface area (Å²) < 4.78 is 5.22. The molecule has 1 aromatic rings. The molecule has 3 N–H and O–H groups in total. The highest BCUT2D eigenvalue weighted by atomic mass is 16.5. The summed E-state index contributed by atoms with van der Waals surface area (Å²) in [6, 6.07) is 3.91. The highest BCUT2D eigenvalue weighted by molar-refractivity contribution is 5.39. The molecule has 0 amide bonds. The summed E-state index contributed by atoms with van der Waals surface area (Å²) in [7, 11) is 0. The van der Waals surface area contributed by atoms with Crippen molar-refractivity contribution in [3.8, 4) is 0 Å². The van der Waals surface area contributed by atoms with Gasteiger partial charge >= 0.3 is 0 Å². The number of nitrogens with one attached hydrogen (secondary N) is 1. The fourth-order valence-electron chi connectivity index (χ4n) is 1.28. The van der Waals surface area contributed by atoms with Crippen LogP contribution >= 0.6 is 0 Å². The molecule has 1 fully saturated rings. The monoisotopic (exact) mass is 180 g/mol. The van der Waals surface area contributed by atoms with E-state index in [2.05, 4.69) is 15.5 Å². The summed E-state index contributed by atoms with van der Waals surface area (Å²) in [4.78, 5) is 0. The van der Waals surface area contributed by atoms with Crippen molar-refractivity contribution in [1.82, 2.24) is 10.2 Å². The third-order valence-corrected chi connectivity index (χ3v) is 1.97. The second kappa shape index (κ2) is 3.57. The number of nitrogens with zero attached hydrogens (tertiary/aromatic N) is 2. The zero-order valence-corrected chi connectivity index (χ0v) is 7.23. The molecule has 1 aliphatic heterocycles.